The van der Waals surface area contributed by atoms with Crippen molar-refractivity contribution >= 4 is 18.3 Å². The summed E-state index contributed by atoms with van der Waals surface area (Å²) in [5.41, 5.74) is 0.275. The van der Waals surface area contributed by atoms with Crippen LogP contribution < -0.4 is 10.6 Å². The lowest BCUT2D eigenvalue weighted by Crippen LogP contribution is -2.61. The van der Waals surface area contributed by atoms with E-state index in [0.717, 1.165) is 12.1 Å². The Bertz CT molecular complexity index is 589. The van der Waals surface area contributed by atoms with Gasteiger partial charge < -0.3 is 15.7 Å². The van der Waals surface area contributed by atoms with E-state index in [2.05, 4.69) is 38.3 Å². The number of hydrogen-bond acceptors (Lipinski definition) is 3. The summed E-state index contributed by atoms with van der Waals surface area (Å²) in [7, 11) is 0. The van der Waals surface area contributed by atoms with Gasteiger partial charge in [0.1, 0.15) is 0 Å². The number of piperidine rings is 1. The van der Waals surface area contributed by atoms with E-state index in [0.29, 0.717) is 13.0 Å². The van der Waals surface area contributed by atoms with Crippen LogP contribution >= 0.6 is 12.4 Å². The molecule has 1 aromatic rings. The van der Waals surface area contributed by atoms with Gasteiger partial charge in [-0.2, -0.15) is 0 Å². The van der Waals surface area contributed by atoms with Crippen molar-refractivity contribution in [1.29, 1.82) is 0 Å². The minimum atomic E-state index is -0.696. The quantitative estimate of drug-likeness (QED) is 0.783. The van der Waals surface area contributed by atoms with Gasteiger partial charge in [-0.05, 0) is 29.4 Å². The normalized spacial score (nSPS) is 31.0. The fourth-order valence-corrected chi connectivity index (χ4v) is 4.30. The zero-order chi connectivity index (χ0) is 16.9. The van der Waals surface area contributed by atoms with Crippen LogP contribution in [-0.4, -0.2) is 30.2 Å². The number of amides is 1. The maximum atomic E-state index is 13.0. The van der Waals surface area contributed by atoms with Crippen LogP contribution in [0.3, 0.4) is 0 Å². The van der Waals surface area contributed by atoms with Crippen LogP contribution in [-0.2, 0) is 10.3 Å². The Balaban J connectivity index is 0.00000208. The lowest BCUT2D eigenvalue weighted by atomic mass is 9.79. The molecule has 0 spiro atoms. The zero-order valence-corrected chi connectivity index (χ0v) is 15.7. The highest BCUT2D eigenvalue weighted by atomic mass is 35.5. The maximum absolute atomic E-state index is 13.0. The third kappa shape index (κ3) is 2.75. The molecular weight excluding hydrogens is 324 g/mol. The third-order valence-electron chi connectivity index (χ3n) is 6.52. The maximum Gasteiger partial charge on any atom is 0.225 e. The summed E-state index contributed by atoms with van der Waals surface area (Å²) in [5, 5.41) is 17.2. The van der Waals surface area contributed by atoms with Crippen LogP contribution in [0.5, 0.6) is 0 Å². The van der Waals surface area contributed by atoms with Gasteiger partial charge in [0.2, 0.25) is 5.91 Å². The van der Waals surface area contributed by atoms with E-state index in [1.54, 1.807) is 0 Å². The highest BCUT2D eigenvalue weighted by molar-refractivity contribution is 5.85. The molecule has 4 nitrogen and oxygen atoms in total. The number of rotatable bonds is 3. The second-order valence-corrected chi connectivity index (χ2v) is 8.17. The number of β-amino-alcohol motifs (C(OH)–C–C–N with tert-alkyl or cyclic N) is 1. The van der Waals surface area contributed by atoms with Crippen LogP contribution in [0.1, 0.15) is 39.7 Å². The molecule has 1 aromatic carbocycles. The summed E-state index contributed by atoms with van der Waals surface area (Å²) in [5.74, 6) is 0.0440. The van der Waals surface area contributed by atoms with Crippen molar-refractivity contribution in [1.82, 2.24) is 10.6 Å². The van der Waals surface area contributed by atoms with Crippen LogP contribution in [0.25, 0.3) is 0 Å². The smallest absolute Gasteiger partial charge is 0.225 e. The van der Waals surface area contributed by atoms with Crippen LogP contribution in [0.4, 0.5) is 0 Å². The van der Waals surface area contributed by atoms with E-state index >= 15 is 0 Å². The van der Waals surface area contributed by atoms with Crippen molar-refractivity contribution in [3.05, 3.63) is 35.9 Å². The highest BCUT2D eigenvalue weighted by Gasteiger charge is 2.68. The molecule has 2 aliphatic rings. The number of carbonyl (C=O) groups excluding carboxylic acids is 1. The molecule has 2 fully saturated rings. The average Bonchev–Trinajstić information content (AvgIpc) is 2.92. The topological polar surface area (TPSA) is 61.4 Å². The summed E-state index contributed by atoms with van der Waals surface area (Å²) in [4.78, 5) is 13.0. The minimum Gasteiger partial charge on any atom is -0.389 e. The first-order chi connectivity index (χ1) is 10.7. The van der Waals surface area contributed by atoms with Gasteiger partial charge in [0, 0.05) is 12.5 Å². The van der Waals surface area contributed by atoms with E-state index in [4.69, 9.17) is 0 Å². The van der Waals surface area contributed by atoms with E-state index in [1.807, 2.05) is 30.3 Å². The Hall–Kier alpha value is -1.10. The Morgan fingerprint density at radius 1 is 1.17 bits per heavy atom. The Morgan fingerprint density at radius 2 is 1.75 bits per heavy atom. The van der Waals surface area contributed by atoms with E-state index in [9.17, 15) is 9.90 Å². The van der Waals surface area contributed by atoms with Crippen LogP contribution in [0, 0.1) is 16.7 Å². The molecule has 2 atom stereocenters. The van der Waals surface area contributed by atoms with Gasteiger partial charge in [-0.3, -0.25) is 4.79 Å². The van der Waals surface area contributed by atoms with Gasteiger partial charge in [0.05, 0.1) is 11.6 Å². The van der Waals surface area contributed by atoms with Gasteiger partial charge in [-0.15, -0.1) is 12.4 Å². The van der Waals surface area contributed by atoms with Crippen molar-refractivity contribution in [2.24, 2.45) is 16.7 Å². The summed E-state index contributed by atoms with van der Waals surface area (Å²) in [6, 6.07) is 9.88. The van der Waals surface area contributed by atoms with Gasteiger partial charge in [-0.25, -0.2) is 0 Å². The summed E-state index contributed by atoms with van der Waals surface area (Å²) in [6.07, 6.45) is 0.0601. The van der Waals surface area contributed by atoms with Crippen molar-refractivity contribution in [3.63, 3.8) is 0 Å². The summed E-state index contributed by atoms with van der Waals surface area (Å²) >= 11 is 0. The fourth-order valence-electron chi connectivity index (χ4n) is 4.30. The van der Waals surface area contributed by atoms with Crippen molar-refractivity contribution in [2.75, 3.05) is 13.1 Å². The number of benzene rings is 1. The summed E-state index contributed by atoms with van der Waals surface area (Å²) in [6.45, 7) is 9.85. The largest absolute Gasteiger partial charge is 0.389 e. The number of halogens is 1. The molecule has 1 saturated heterocycles. The molecule has 134 valence electrons. The monoisotopic (exact) mass is 352 g/mol. The fraction of sp³-hybridized carbons (Fsp3) is 0.632. The van der Waals surface area contributed by atoms with Gasteiger partial charge in [0.15, 0.2) is 0 Å². The van der Waals surface area contributed by atoms with E-state index in [-0.39, 0.29) is 35.1 Å². The molecule has 0 radical (unpaired) electrons. The number of carbonyl (C=O) groups is 1. The number of nitrogens with one attached hydrogen (secondary N) is 2. The first kappa shape index (κ1) is 19.2. The average molecular weight is 353 g/mol. The molecule has 1 saturated carbocycles. The molecule has 1 aliphatic heterocycles. The predicted molar refractivity (Wildman–Crippen MR) is 98.1 cm³/mol. The molecule has 3 N–H and O–H groups in total. The highest BCUT2D eigenvalue weighted by Crippen LogP contribution is 2.68. The second-order valence-electron chi connectivity index (χ2n) is 8.17. The molecule has 1 amide bonds. The third-order valence-corrected chi connectivity index (χ3v) is 6.52. The molecule has 24 heavy (non-hydrogen) atoms. The number of aliphatic hydroxyl groups is 1. The molecular formula is C19H29ClN2O2. The lowest BCUT2D eigenvalue weighted by molar-refractivity contribution is -0.128. The number of aliphatic hydroxyl groups excluding tert-OH is 1. The Morgan fingerprint density at radius 3 is 2.25 bits per heavy atom. The Labute approximate surface area is 150 Å². The first-order valence-electron chi connectivity index (χ1n) is 8.50. The number of hydrogen-bond donors (Lipinski definition) is 3. The lowest BCUT2D eigenvalue weighted by Gasteiger charge is -2.43. The van der Waals surface area contributed by atoms with E-state index in [1.165, 1.54) is 0 Å². The Kier molecular flexibility index (Phi) is 5.06. The zero-order valence-electron chi connectivity index (χ0n) is 14.9. The second kappa shape index (κ2) is 6.32. The molecule has 1 heterocycles. The van der Waals surface area contributed by atoms with Gasteiger partial charge in [-0.1, -0.05) is 58.0 Å². The molecule has 0 aromatic heterocycles. The van der Waals surface area contributed by atoms with Crippen LogP contribution in [0.15, 0.2) is 30.3 Å². The molecule has 0 bridgehead atoms. The van der Waals surface area contributed by atoms with Crippen molar-refractivity contribution in [2.45, 2.75) is 45.8 Å². The van der Waals surface area contributed by atoms with Crippen LogP contribution in [0.2, 0.25) is 0 Å². The van der Waals surface area contributed by atoms with Crippen molar-refractivity contribution < 1.29 is 9.90 Å². The molecule has 1 aliphatic carbocycles. The SMILES string of the molecule is CC1(C)C(C(=O)N[C@]2(c3ccccc3)CCNC[C@H]2O)C1(C)C.Cl. The standard InChI is InChI=1S/C19H28N2O2.ClH/c1-17(2)15(18(17,3)4)16(23)21-19(10-11-20-12-14(19)22)13-8-6-5-7-9-13;/h5-9,14-15,20,22H,10-12H2,1-4H3,(H,21,23);1H/t14-,19+;/m1./s1. The van der Waals surface area contributed by atoms with E-state index < -0.39 is 11.6 Å². The summed E-state index contributed by atoms with van der Waals surface area (Å²) < 4.78 is 0. The first-order valence-corrected chi connectivity index (χ1v) is 8.50. The molecule has 3 rings (SSSR count). The van der Waals surface area contributed by atoms with Gasteiger partial charge in [0.25, 0.3) is 0 Å². The molecule has 5 heteroatoms. The molecule has 0 unspecified atom stereocenters. The predicted octanol–water partition coefficient (Wildman–Crippen LogP) is 2.46. The van der Waals surface area contributed by atoms with Gasteiger partial charge >= 0.3 is 0 Å². The minimum absolute atomic E-state index is 0. The van der Waals surface area contributed by atoms with Crippen molar-refractivity contribution in [3.8, 4) is 0 Å².